The van der Waals surface area contributed by atoms with Gasteiger partial charge >= 0.3 is 0 Å². The van der Waals surface area contributed by atoms with Crippen LogP contribution in [-0.2, 0) is 25.6 Å². The van der Waals surface area contributed by atoms with E-state index in [1.54, 1.807) is 23.0 Å². The van der Waals surface area contributed by atoms with Gasteiger partial charge in [-0.15, -0.1) is 0 Å². The van der Waals surface area contributed by atoms with E-state index in [0.717, 1.165) is 31.2 Å². The lowest BCUT2D eigenvalue weighted by Gasteiger charge is -2.29. The Labute approximate surface area is 199 Å². The number of nitrogens with zero attached hydrogens (tertiary/aromatic N) is 2. The molecule has 0 bridgehead atoms. The minimum Gasteiger partial charge on any atom is -0.496 e. The van der Waals surface area contributed by atoms with Gasteiger partial charge in [0.25, 0.3) is 0 Å². The Bertz CT molecular complexity index is 991. The first-order valence-corrected chi connectivity index (χ1v) is 12.3. The lowest BCUT2D eigenvalue weighted by atomic mass is 10.1. The summed E-state index contributed by atoms with van der Waals surface area (Å²) >= 11 is 0. The van der Waals surface area contributed by atoms with Gasteiger partial charge in [-0.3, -0.25) is 19.2 Å². The summed E-state index contributed by atoms with van der Waals surface area (Å²) in [7, 11) is 1.56. The number of likely N-dealkylation sites (tertiary alicyclic amines) is 1. The molecule has 0 spiro atoms. The Kier molecular flexibility index (Phi) is 6.18. The predicted octanol–water partition coefficient (Wildman–Crippen LogP) is 0.613. The van der Waals surface area contributed by atoms with Crippen LogP contribution >= 0.6 is 0 Å². The van der Waals surface area contributed by atoms with E-state index >= 15 is 0 Å². The van der Waals surface area contributed by atoms with E-state index in [4.69, 9.17) is 4.74 Å². The monoisotopic (exact) mass is 468 g/mol. The van der Waals surface area contributed by atoms with Crippen molar-refractivity contribution in [2.24, 2.45) is 5.92 Å². The van der Waals surface area contributed by atoms with E-state index in [9.17, 15) is 19.2 Å². The summed E-state index contributed by atoms with van der Waals surface area (Å²) in [6.45, 7) is 0.711. The van der Waals surface area contributed by atoms with Gasteiger partial charge in [0.15, 0.2) is 0 Å². The summed E-state index contributed by atoms with van der Waals surface area (Å²) in [4.78, 5) is 55.7. The van der Waals surface area contributed by atoms with E-state index < -0.39 is 18.1 Å². The maximum absolute atomic E-state index is 13.6. The van der Waals surface area contributed by atoms with Gasteiger partial charge in [0.1, 0.15) is 17.8 Å². The summed E-state index contributed by atoms with van der Waals surface area (Å²) in [5.74, 6) is 0.123. The number of carbonyl (C=O) groups excluding carboxylic acids is 4. The smallest absolute Gasteiger partial charge is 0.248 e. The van der Waals surface area contributed by atoms with Gasteiger partial charge in [0.2, 0.25) is 23.6 Å². The fourth-order valence-corrected chi connectivity index (χ4v) is 6.03. The molecule has 2 N–H and O–H groups in total. The molecule has 4 aliphatic rings. The minimum atomic E-state index is -0.722. The van der Waals surface area contributed by atoms with Crippen molar-refractivity contribution in [3.63, 3.8) is 0 Å². The molecule has 1 aromatic rings. The van der Waals surface area contributed by atoms with Crippen molar-refractivity contribution in [2.45, 2.75) is 69.1 Å². The molecule has 3 saturated heterocycles. The van der Waals surface area contributed by atoms with Crippen LogP contribution < -0.4 is 15.4 Å². The molecule has 5 rings (SSSR count). The molecule has 1 aliphatic carbocycles. The fourth-order valence-electron chi connectivity index (χ4n) is 6.03. The Hall–Kier alpha value is -3.10. The largest absolute Gasteiger partial charge is 0.496 e. The average Bonchev–Trinajstić information content (AvgIpc) is 3.57. The highest BCUT2D eigenvalue weighted by Gasteiger charge is 2.52. The molecule has 9 heteroatoms. The molecule has 0 unspecified atom stereocenters. The molecule has 1 aromatic carbocycles. The van der Waals surface area contributed by atoms with Crippen molar-refractivity contribution in [1.29, 1.82) is 0 Å². The third-order valence-corrected chi connectivity index (χ3v) is 7.79. The van der Waals surface area contributed by atoms with E-state index in [-0.39, 0.29) is 42.0 Å². The molecule has 0 aromatic heterocycles. The Balaban J connectivity index is 1.30. The van der Waals surface area contributed by atoms with Gasteiger partial charge in [0, 0.05) is 30.6 Å². The van der Waals surface area contributed by atoms with Gasteiger partial charge in [-0.25, -0.2) is 0 Å². The van der Waals surface area contributed by atoms with E-state index in [1.165, 1.54) is 0 Å². The van der Waals surface area contributed by atoms with Crippen LogP contribution in [0.3, 0.4) is 0 Å². The molecule has 1 saturated carbocycles. The molecule has 3 heterocycles. The van der Waals surface area contributed by atoms with Gasteiger partial charge in [-0.2, -0.15) is 0 Å². The molecule has 3 aliphatic heterocycles. The molecule has 4 atom stereocenters. The normalized spacial score (nSPS) is 28.9. The van der Waals surface area contributed by atoms with Crippen molar-refractivity contribution in [3.8, 4) is 5.75 Å². The first-order valence-electron chi connectivity index (χ1n) is 12.3. The number of para-hydroxylation sites is 1. The number of methoxy groups -OCH3 is 1. The van der Waals surface area contributed by atoms with Crippen LogP contribution in [0, 0.1) is 5.92 Å². The van der Waals surface area contributed by atoms with Crippen molar-refractivity contribution >= 4 is 23.6 Å². The lowest BCUT2D eigenvalue weighted by molar-refractivity contribution is -0.144. The summed E-state index contributed by atoms with van der Waals surface area (Å²) in [5, 5.41) is 6.08. The zero-order valence-corrected chi connectivity index (χ0v) is 19.5. The molecule has 4 amide bonds. The number of hydrogen-bond donors (Lipinski definition) is 2. The van der Waals surface area contributed by atoms with Gasteiger partial charge < -0.3 is 25.2 Å². The molecule has 34 heavy (non-hydrogen) atoms. The highest BCUT2D eigenvalue weighted by Crippen LogP contribution is 2.31. The van der Waals surface area contributed by atoms with Gasteiger partial charge in [0.05, 0.1) is 19.6 Å². The molecule has 182 valence electrons. The highest BCUT2D eigenvalue weighted by atomic mass is 16.5. The zero-order chi connectivity index (χ0) is 23.8. The minimum absolute atomic E-state index is 0.0281. The lowest BCUT2D eigenvalue weighted by Crippen LogP contribution is -2.53. The maximum atomic E-state index is 13.6. The number of fused-ring (bicyclic) bond motifs is 2. The Morgan fingerprint density at radius 1 is 1.15 bits per heavy atom. The van der Waals surface area contributed by atoms with Crippen molar-refractivity contribution < 1.29 is 23.9 Å². The van der Waals surface area contributed by atoms with E-state index in [0.29, 0.717) is 31.7 Å². The first-order chi connectivity index (χ1) is 16.5. The molecular weight excluding hydrogens is 436 g/mol. The van der Waals surface area contributed by atoms with E-state index in [2.05, 4.69) is 10.6 Å². The van der Waals surface area contributed by atoms with Crippen LogP contribution in [-0.4, -0.2) is 77.8 Å². The second-order valence-corrected chi connectivity index (χ2v) is 9.85. The van der Waals surface area contributed by atoms with Gasteiger partial charge in [-0.1, -0.05) is 31.0 Å². The van der Waals surface area contributed by atoms with Crippen LogP contribution in [0.4, 0.5) is 0 Å². The molecule has 4 fully saturated rings. The number of nitrogens with one attached hydrogen (secondary N) is 2. The zero-order valence-electron chi connectivity index (χ0n) is 19.5. The van der Waals surface area contributed by atoms with Crippen LogP contribution in [0.1, 0.15) is 44.1 Å². The van der Waals surface area contributed by atoms with Crippen LogP contribution in [0.2, 0.25) is 0 Å². The number of rotatable bonds is 5. The summed E-state index contributed by atoms with van der Waals surface area (Å²) in [6, 6.07) is 5.37. The molecule has 0 radical (unpaired) electrons. The standard InChI is InChI=1S/C25H32N4O5/c1-34-20-9-5-4-8-16(20)12-21(30)28-11-10-18-22(28)25(33)29-14-17(13-19(29)24(32)27-18)26-23(31)15-6-2-3-7-15/h4-5,8-9,15,17-19,22H,2-3,6-7,10-14H2,1H3,(H,26,31)(H,27,32)/t17-,18-,19+,22-/m0/s1. The van der Waals surface area contributed by atoms with Crippen molar-refractivity contribution in [1.82, 2.24) is 20.4 Å². The Morgan fingerprint density at radius 3 is 2.68 bits per heavy atom. The van der Waals surface area contributed by atoms with Crippen LogP contribution in [0.5, 0.6) is 5.75 Å². The fraction of sp³-hybridized carbons (Fsp3) is 0.600. The Morgan fingerprint density at radius 2 is 1.91 bits per heavy atom. The average molecular weight is 469 g/mol. The van der Waals surface area contributed by atoms with Gasteiger partial charge in [-0.05, 0) is 31.7 Å². The van der Waals surface area contributed by atoms with E-state index in [1.807, 2.05) is 18.2 Å². The number of hydrogen-bond acceptors (Lipinski definition) is 5. The third kappa shape index (κ3) is 4.12. The summed E-state index contributed by atoms with van der Waals surface area (Å²) in [5.41, 5.74) is 0.761. The number of benzene rings is 1. The first kappa shape index (κ1) is 22.7. The molecular formula is C25H32N4O5. The topological polar surface area (TPSA) is 108 Å². The highest BCUT2D eigenvalue weighted by molar-refractivity contribution is 5.97. The second-order valence-electron chi connectivity index (χ2n) is 9.85. The summed E-state index contributed by atoms with van der Waals surface area (Å²) in [6.07, 6.45) is 5.02. The predicted molar refractivity (Wildman–Crippen MR) is 123 cm³/mol. The van der Waals surface area contributed by atoms with Crippen molar-refractivity contribution in [3.05, 3.63) is 29.8 Å². The summed E-state index contributed by atoms with van der Waals surface area (Å²) < 4.78 is 5.37. The number of ether oxygens (including phenoxy) is 1. The van der Waals surface area contributed by atoms with Crippen LogP contribution in [0.15, 0.2) is 24.3 Å². The van der Waals surface area contributed by atoms with Crippen molar-refractivity contribution in [2.75, 3.05) is 20.2 Å². The quantitative estimate of drug-likeness (QED) is 0.659. The number of amides is 4. The molecule has 9 nitrogen and oxygen atoms in total. The third-order valence-electron chi connectivity index (χ3n) is 7.79. The maximum Gasteiger partial charge on any atom is 0.248 e. The SMILES string of the molecule is COc1ccccc1CC(=O)N1CC[C@@H]2NC(=O)[C@H]3C[C@H](NC(=O)C4CCCC4)CN3C(=O)[C@H]21. The van der Waals surface area contributed by atoms with Crippen LogP contribution in [0.25, 0.3) is 0 Å². The number of carbonyl (C=O) groups is 4. The second kappa shape index (κ2) is 9.27.